The normalized spacial score (nSPS) is 15.2. The van der Waals surface area contributed by atoms with Gasteiger partial charge in [0, 0.05) is 50.0 Å². The molecule has 0 aromatic heterocycles. The van der Waals surface area contributed by atoms with Gasteiger partial charge in [-0.2, -0.15) is 0 Å². The van der Waals surface area contributed by atoms with Crippen LogP contribution in [0.1, 0.15) is 85.6 Å². The number of benzene rings is 1. The van der Waals surface area contributed by atoms with Gasteiger partial charge in [0.05, 0.1) is 0 Å². The van der Waals surface area contributed by atoms with Gasteiger partial charge in [-0.3, -0.25) is 4.79 Å². The Kier molecular flexibility index (Phi) is 8.60. The third kappa shape index (κ3) is 8.36. The molecular weight excluding hydrogens is 400 g/mol. The van der Waals surface area contributed by atoms with Crippen LogP contribution >= 0.6 is 0 Å². The average molecular weight is 445 g/mol. The molecule has 0 bridgehead atoms. The maximum atomic E-state index is 13.3. The summed E-state index contributed by atoms with van der Waals surface area (Å²) in [6.07, 6.45) is 6.10. The SMILES string of the molecule is CN(C)c1ccc(NC(=O)CC(C)(C)C)cc1CN(C(=O)NC(C)(C)C)C1CCCCC1. The van der Waals surface area contributed by atoms with Crippen LogP contribution in [0.4, 0.5) is 16.2 Å². The standard InChI is InChI=1S/C26H44N4O2/c1-25(2,3)17-23(31)27-20-14-15-22(29(7)8)19(16-20)18-30(21-12-10-9-11-13-21)24(32)28-26(4,5)6/h14-16,21H,9-13,17-18H2,1-8H3,(H,27,31)(H,28,32). The maximum absolute atomic E-state index is 13.3. The van der Waals surface area contributed by atoms with E-state index in [1.54, 1.807) is 0 Å². The molecule has 0 atom stereocenters. The third-order valence-electron chi connectivity index (χ3n) is 5.63. The summed E-state index contributed by atoms with van der Waals surface area (Å²) < 4.78 is 0. The van der Waals surface area contributed by atoms with E-state index in [9.17, 15) is 9.59 Å². The summed E-state index contributed by atoms with van der Waals surface area (Å²) in [6, 6.07) is 6.22. The summed E-state index contributed by atoms with van der Waals surface area (Å²) in [5, 5.41) is 6.21. The van der Waals surface area contributed by atoms with Crippen LogP contribution in [0.3, 0.4) is 0 Å². The molecule has 2 rings (SSSR count). The Balaban J connectivity index is 2.32. The molecule has 0 aliphatic heterocycles. The number of rotatable bonds is 6. The Labute approximate surface area is 195 Å². The molecule has 0 saturated heterocycles. The van der Waals surface area contributed by atoms with Gasteiger partial charge in [0.25, 0.3) is 0 Å². The van der Waals surface area contributed by atoms with Crippen molar-refractivity contribution in [3.05, 3.63) is 23.8 Å². The van der Waals surface area contributed by atoms with Crippen LogP contribution in [0.2, 0.25) is 0 Å². The summed E-state index contributed by atoms with van der Waals surface area (Å²) in [6.45, 7) is 12.7. The zero-order chi connectivity index (χ0) is 24.1. The molecule has 0 spiro atoms. The molecule has 1 aliphatic rings. The summed E-state index contributed by atoms with van der Waals surface area (Å²) in [5.74, 6) is 0.00988. The molecule has 3 amide bonds. The lowest BCUT2D eigenvalue weighted by Crippen LogP contribution is -2.52. The Morgan fingerprint density at radius 2 is 1.62 bits per heavy atom. The smallest absolute Gasteiger partial charge is 0.318 e. The first-order valence-corrected chi connectivity index (χ1v) is 11.9. The van der Waals surface area contributed by atoms with Crippen molar-refractivity contribution in [3.8, 4) is 0 Å². The van der Waals surface area contributed by atoms with E-state index in [0.29, 0.717) is 13.0 Å². The Morgan fingerprint density at radius 3 is 2.16 bits per heavy atom. The van der Waals surface area contributed by atoms with E-state index >= 15 is 0 Å². The van der Waals surface area contributed by atoms with E-state index in [2.05, 4.69) is 36.3 Å². The van der Waals surface area contributed by atoms with E-state index in [4.69, 9.17) is 0 Å². The molecule has 1 aliphatic carbocycles. The van der Waals surface area contributed by atoms with Crippen LogP contribution in [0, 0.1) is 5.41 Å². The van der Waals surface area contributed by atoms with Crippen LogP contribution in [0.15, 0.2) is 18.2 Å². The van der Waals surface area contributed by atoms with Crippen LogP contribution in [-0.2, 0) is 11.3 Å². The van der Waals surface area contributed by atoms with Crippen LogP contribution in [0.5, 0.6) is 0 Å². The number of anilines is 2. The summed E-state index contributed by atoms with van der Waals surface area (Å²) in [5.41, 5.74) is 2.51. The van der Waals surface area contributed by atoms with E-state index in [1.165, 1.54) is 6.42 Å². The first-order valence-electron chi connectivity index (χ1n) is 11.9. The lowest BCUT2D eigenvalue weighted by atomic mass is 9.92. The number of nitrogens with one attached hydrogen (secondary N) is 2. The summed E-state index contributed by atoms with van der Waals surface area (Å²) in [7, 11) is 4.02. The van der Waals surface area contributed by atoms with Crippen LogP contribution in [-0.4, -0.2) is 42.5 Å². The van der Waals surface area contributed by atoms with E-state index in [1.807, 2.05) is 58.0 Å². The molecule has 6 heteroatoms. The minimum Gasteiger partial charge on any atom is -0.377 e. The molecule has 1 aromatic rings. The highest BCUT2D eigenvalue weighted by Crippen LogP contribution is 2.29. The molecule has 180 valence electrons. The highest BCUT2D eigenvalue weighted by atomic mass is 16.2. The monoisotopic (exact) mass is 444 g/mol. The zero-order valence-electron chi connectivity index (χ0n) is 21.5. The van der Waals surface area contributed by atoms with Gasteiger partial charge < -0.3 is 20.4 Å². The average Bonchev–Trinajstić information content (AvgIpc) is 2.63. The first-order chi connectivity index (χ1) is 14.7. The lowest BCUT2D eigenvalue weighted by Gasteiger charge is -2.37. The van der Waals surface area contributed by atoms with Crippen molar-refractivity contribution in [1.82, 2.24) is 10.2 Å². The molecule has 0 unspecified atom stereocenters. The third-order valence-corrected chi connectivity index (χ3v) is 5.63. The Bertz CT molecular complexity index is 784. The number of carbonyl (C=O) groups excluding carboxylic acids is 2. The van der Waals surface area contributed by atoms with Gasteiger partial charge in [-0.25, -0.2) is 4.79 Å². The van der Waals surface area contributed by atoms with Gasteiger partial charge in [0.2, 0.25) is 5.91 Å². The second-order valence-corrected chi connectivity index (χ2v) is 11.6. The van der Waals surface area contributed by atoms with Gasteiger partial charge in [-0.1, -0.05) is 40.0 Å². The van der Waals surface area contributed by atoms with Gasteiger partial charge in [0.15, 0.2) is 0 Å². The summed E-state index contributed by atoms with van der Waals surface area (Å²) in [4.78, 5) is 29.9. The van der Waals surface area contributed by atoms with Crippen molar-refractivity contribution in [2.45, 2.75) is 98.2 Å². The summed E-state index contributed by atoms with van der Waals surface area (Å²) >= 11 is 0. The quantitative estimate of drug-likeness (QED) is 0.585. The maximum Gasteiger partial charge on any atom is 0.318 e. The number of hydrogen-bond acceptors (Lipinski definition) is 3. The van der Waals surface area contributed by atoms with Crippen molar-refractivity contribution >= 4 is 23.3 Å². The van der Waals surface area contributed by atoms with Crippen molar-refractivity contribution in [3.63, 3.8) is 0 Å². The highest BCUT2D eigenvalue weighted by molar-refractivity contribution is 5.91. The van der Waals surface area contributed by atoms with Crippen molar-refractivity contribution in [1.29, 1.82) is 0 Å². The predicted octanol–water partition coefficient (Wildman–Crippen LogP) is 5.77. The minimum absolute atomic E-state index is 0.00988. The molecular formula is C26H44N4O2. The number of urea groups is 1. The largest absolute Gasteiger partial charge is 0.377 e. The molecule has 1 fully saturated rings. The van der Waals surface area contributed by atoms with Crippen LogP contribution < -0.4 is 15.5 Å². The van der Waals surface area contributed by atoms with Crippen molar-refractivity contribution < 1.29 is 9.59 Å². The van der Waals surface area contributed by atoms with Crippen molar-refractivity contribution in [2.24, 2.45) is 5.41 Å². The molecule has 2 N–H and O–H groups in total. The van der Waals surface area contributed by atoms with E-state index in [0.717, 1.165) is 42.6 Å². The first kappa shape index (κ1) is 26.0. The molecule has 6 nitrogen and oxygen atoms in total. The Morgan fingerprint density at radius 1 is 1.00 bits per heavy atom. The Hall–Kier alpha value is -2.24. The van der Waals surface area contributed by atoms with E-state index in [-0.39, 0.29) is 28.9 Å². The lowest BCUT2D eigenvalue weighted by molar-refractivity contribution is -0.117. The topological polar surface area (TPSA) is 64.7 Å². The van der Waals surface area contributed by atoms with E-state index < -0.39 is 0 Å². The van der Waals surface area contributed by atoms with Gasteiger partial charge in [0.1, 0.15) is 0 Å². The number of amides is 3. The molecule has 0 radical (unpaired) electrons. The minimum atomic E-state index is -0.294. The predicted molar refractivity (Wildman–Crippen MR) is 134 cm³/mol. The zero-order valence-corrected chi connectivity index (χ0v) is 21.5. The van der Waals surface area contributed by atoms with Gasteiger partial charge >= 0.3 is 6.03 Å². The molecule has 0 heterocycles. The van der Waals surface area contributed by atoms with Gasteiger partial charge in [-0.05, 0) is 62.8 Å². The van der Waals surface area contributed by atoms with Crippen LogP contribution in [0.25, 0.3) is 0 Å². The highest BCUT2D eigenvalue weighted by Gasteiger charge is 2.29. The fraction of sp³-hybridized carbons (Fsp3) is 0.692. The number of nitrogens with zero attached hydrogens (tertiary/aromatic N) is 2. The molecule has 32 heavy (non-hydrogen) atoms. The fourth-order valence-corrected chi connectivity index (χ4v) is 4.25. The number of hydrogen-bond donors (Lipinski definition) is 2. The van der Waals surface area contributed by atoms with Crippen molar-refractivity contribution in [2.75, 3.05) is 24.3 Å². The molecule has 1 saturated carbocycles. The number of carbonyl (C=O) groups is 2. The fourth-order valence-electron chi connectivity index (χ4n) is 4.25. The second kappa shape index (κ2) is 10.6. The second-order valence-electron chi connectivity index (χ2n) is 11.6. The van der Waals surface area contributed by atoms with Gasteiger partial charge in [-0.15, -0.1) is 0 Å². The molecule has 1 aromatic carbocycles.